The predicted molar refractivity (Wildman–Crippen MR) is 90.1 cm³/mol. The molecule has 2 rings (SSSR count). The lowest BCUT2D eigenvalue weighted by molar-refractivity contribution is -0.121. The molecular weight excluding hydrogens is 300 g/mol. The summed E-state index contributed by atoms with van der Waals surface area (Å²) in [6, 6.07) is 0.847. The molecule has 4 N–H and O–H groups in total. The molecule has 2 aliphatic rings. The molecule has 0 aromatic carbocycles. The van der Waals surface area contributed by atoms with Crippen LogP contribution in [0.25, 0.3) is 0 Å². The van der Waals surface area contributed by atoms with Gasteiger partial charge in [0.05, 0.1) is 12.1 Å². The highest BCUT2D eigenvalue weighted by atomic mass is 32.2. The molecule has 126 valence electrons. The molecule has 0 aromatic rings. The molecule has 2 saturated heterocycles. The van der Waals surface area contributed by atoms with E-state index in [1.54, 1.807) is 0 Å². The Labute approximate surface area is 136 Å². The second-order valence-electron chi connectivity index (χ2n) is 6.13. The van der Waals surface area contributed by atoms with E-state index in [0.717, 1.165) is 31.6 Å². The number of thioether (sulfide) groups is 1. The van der Waals surface area contributed by atoms with Crippen molar-refractivity contribution in [2.75, 3.05) is 18.8 Å². The summed E-state index contributed by atoms with van der Waals surface area (Å²) in [5.74, 6) is 1.13. The van der Waals surface area contributed by atoms with E-state index >= 15 is 0 Å². The zero-order chi connectivity index (χ0) is 15.9. The van der Waals surface area contributed by atoms with E-state index in [4.69, 9.17) is 0 Å². The van der Waals surface area contributed by atoms with Gasteiger partial charge in [-0.3, -0.25) is 4.79 Å². The number of fused-ring (bicyclic) bond motifs is 1. The molecule has 2 aliphatic heterocycles. The van der Waals surface area contributed by atoms with Crippen LogP contribution in [0.1, 0.15) is 39.5 Å². The second kappa shape index (κ2) is 8.62. The quantitative estimate of drug-likeness (QED) is 0.373. The van der Waals surface area contributed by atoms with Crippen LogP contribution in [0.3, 0.4) is 0 Å². The number of urea groups is 1. The standard InChI is InChI=1S/C15H28N4O2S/c1-3-16-10(2)8-17-13(20)7-5-4-6-12-14-11(9-22-12)18-15(21)19-14/h10-12,14,16H,3-9H2,1-2H3,(H,17,20)(H2,18,19,21)/t10-,11+,12+,14+/m1/s1. The first-order valence-corrected chi connectivity index (χ1v) is 9.33. The molecule has 0 unspecified atom stereocenters. The second-order valence-corrected chi connectivity index (χ2v) is 7.40. The number of rotatable bonds is 9. The van der Waals surface area contributed by atoms with E-state index < -0.39 is 0 Å². The summed E-state index contributed by atoms with van der Waals surface area (Å²) in [4.78, 5) is 23.1. The Kier molecular flexibility index (Phi) is 6.82. The monoisotopic (exact) mass is 328 g/mol. The van der Waals surface area contributed by atoms with Gasteiger partial charge in [-0.1, -0.05) is 13.3 Å². The van der Waals surface area contributed by atoms with Crippen LogP contribution in [0.15, 0.2) is 0 Å². The van der Waals surface area contributed by atoms with Crippen molar-refractivity contribution in [3.63, 3.8) is 0 Å². The lowest BCUT2D eigenvalue weighted by atomic mass is 10.0. The van der Waals surface area contributed by atoms with Gasteiger partial charge in [0.15, 0.2) is 0 Å². The van der Waals surface area contributed by atoms with E-state index in [9.17, 15) is 9.59 Å². The molecule has 2 heterocycles. The fourth-order valence-electron chi connectivity index (χ4n) is 3.05. The zero-order valence-electron chi connectivity index (χ0n) is 13.5. The molecular formula is C15H28N4O2S. The minimum Gasteiger partial charge on any atom is -0.355 e. The lowest BCUT2D eigenvalue weighted by Crippen LogP contribution is -2.38. The number of carbonyl (C=O) groups is 2. The Morgan fingerprint density at radius 1 is 1.41 bits per heavy atom. The van der Waals surface area contributed by atoms with Gasteiger partial charge in [-0.25, -0.2) is 4.79 Å². The molecule has 6 nitrogen and oxygen atoms in total. The largest absolute Gasteiger partial charge is 0.355 e. The Hall–Kier alpha value is -0.950. The van der Waals surface area contributed by atoms with Gasteiger partial charge in [0.1, 0.15) is 0 Å². The molecule has 0 radical (unpaired) electrons. The maximum Gasteiger partial charge on any atom is 0.315 e. The van der Waals surface area contributed by atoms with Crippen LogP contribution in [0.4, 0.5) is 4.79 Å². The molecule has 3 amide bonds. The third-order valence-corrected chi connectivity index (χ3v) is 5.75. The van der Waals surface area contributed by atoms with Crippen molar-refractivity contribution in [1.82, 2.24) is 21.3 Å². The van der Waals surface area contributed by atoms with Crippen molar-refractivity contribution in [2.45, 2.75) is 62.9 Å². The fraction of sp³-hybridized carbons (Fsp3) is 0.867. The van der Waals surface area contributed by atoms with Crippen molar-refractivity contribution in [2.24, 2.45) is 0 Å². The van der Waals surface area contributed by atoms with Crippen LogP contribution in [0.5, 0.6) is 0 Å². The number of hydrogen-bond donors (Lipinski definition) is 4. The van der Waals surface area contributed by atoms with Gasteiger partial charge in [0.25, 0.3) is 0 Å². The first-order valence-electron chi connectivity index (χ1n) is 8.29. The van der Waals surface area contributed by atoms with Crippen molar-refractivity contribution >= 4 is 23.7 Å². The number of amides is 3. The SMILES string of the molecule is CCN[C@H](C)CNC(=O)CCCC[C@@H]1SC[C@@H]2NC(=O)N[C@@H]21. The summed E-state index contributed by atoms with van der Waals surface area (Å²) in [5, 5.41) is 12.7. The van der Waals surface area contributed by atoms with E-state index in [-0.39, 0.29) is 18.0 Å². The Morgan fingerprint density at radius 2 is 2.23 bits per heavy atom. The first-order chi connectivity index (χ1) is 10.6. The van der Waals surface area contributed by atoms with Crippen LogP contribution in [0, 0.1) is 0 Å². The normalized spacial score (nSPS) is 27.9. The van der Waals surface area contributed by atoms with Crippen molar-refractivity contribution < 1.29 is 9.59 Å². The molecule has 4 atom stereocenters. The van der Waals surface area contributed by atoms with Gasteiger partial charge >= 0.3 is 6.03 Å². The van der Waals surface area contributed by atoms with Gasteiger partial charge in [-0.15, -0.1) is 0 Å². The minimum absolute atomic E-state index is 0.0329. The van der Waals surface area contributed by atoms with Crippen LogP contribution < -0.4 is 21.3 Å². The summed E-state index contributed by atoms with van der Waals surface area (Å²) in [6.07, 6.45) is 3.61. The highest BCUT2D eigenvalue weighted by molar-refractivity contribution is 8.00. The average Bonchev–Trinajstić information content (AvgIpc) is 3.01. The molecule has 22 heavy (non-hydrogen) atoms. The van der Waals surface area contributed by atoms with E-state index in [2.05, 4.69) is 35.1 Å². The molecule has 0 aliphatic carbocycles. The number of nitrogens with one attached hydrogen (secondary N) is 4. The predicted octanol–water partition coefficient (Wildman–Crippen LogP) is 0.826. The highest BCUT2D eigenvalue weighted by Crippen LogP contribution is 2.33. The molecule has 7 heteroatoms. The summed E-state index contributed by atoms with van der Waals surface area (Å²) >= 11 is 1.93. The Bertz CT molecular complexity index is 394. The molecule has 0 spiro atoms. The fourth-order valence-corrected chi connectivity index (χ4v) is 4.59. The van der Waals surface area contributed by atoms with Gasteiger partial charge in [-0.05, 0) is 26.3 Å². The topological polar surface area (TPSA) is 82.3 Å². The summed E-state index contributed by atoms with van der Waals surface area (Å²) < 4.78 is 0. The summed E-state index contributed by atoms with van der Waals surface area (Å²) in [6.45, 7) is 5.74. The lowest BCUT2D eigenvalue weighted by Gasteiger charge is -2.16. The molecule has 2 fully saturated rings. The van der Waals surface area contributed by atoms with E-state index in [0.29, 0.717) is 30.3 Å². The van der Waals surface area contributed by atoms with Gasteiger partial charge in [0, 0.05) is 30.0 Å². The average molecular weight is 328 g/mol. The summed E-state index contributed by atoms with van der Waals surface area (Å²) in [7, 11) is 0. The van der Waals surface area contributed by atoms with E-state index in [1.165, 1.54) is 0 Å². The third-order valence-electron chi connectivity index (χ3n) is 4.24. The van der Waals surface area contributed by atoms with Crippen LogP contribution in [-0.4, -0.2) is 54.2 Å². The van der Waals surface area contributed by atoms with Crippen molar-refractivity contribution in [1.29, 1.82) is 0 Å². The molecule has 0 saturated carbocycles. The van der Waals surface area contributed by atoms with Gasteiger partial charge in [-0.2, -0.15) is 11.8 Å². The number of hydrogen-bond acceptors (Lipinski definition) is 4. The van der Waals surface area contributed by atoms with Crippen LogP contribution >= 0.6 is 11.8 Å². The van der Waals surface area contributed by atoms with Gasteiger partial charge in [0.2, 0.25) is 5.91 Å². The highest BCUT2D eigenvalue weighted by Gasteiger charge is 2.42. The number of likely N-dealkylation sites (N-methyl/N-ethyl adjacent to an activating group) is 1. The Morgan fingerprint density at radius 3 is 3.00 bits per heavy atom. The van der Waals surface area contributed by atoms with Crippen LogP contribution in [-0.2, 0) is 4.79 Å². The molecule has 0 aromatic heterocycles. The van der Waals surface area contributed by atoms with Crippen LogP contribution in [0.2, 0.25) is 0 Å². The van der Waals surface area contributed by atoms with Crippen molar-refractivity contribution in [3.05, 3.63) is 0 Å². The maximum atomic E-state index is 11.8. The minimum atomic E-state index is -0.0329. The van der Waals surface area contributed by atoms with Crippen molar-refractivity contribution in [3.8, 4) is 0 Å². The third kappa shape index (κ3) is 5.05. The Balaban J connectivity index is 1.54. The maximum absolute atomic E-state index is 11.8. The number of unbranched alkanes of at least 4 members (excludes halogenated alkanes) is 1. The van der Waals surface area contributed by atoms with E-state index in [1.807, 2.05) is 11.8 Å². The zero-order valence-corrected chi connectivity index (χ0v) is 14.3. The van der Waals surface area contributed by atoms with Gasteiger partial charge < -0.3 is 21.3 Å². The number of carbonyl (C=O) groups excluding carboxylic acids is 2. The smallest absolute Gasteiger partial charge is 0.315 e. The molecule has 0 bridgehead atoms. The summed E-state index contributed by atoms with van der Waals surface area (Å²) in [5.41, 5.74) is 0. The first kappa shape index (κ1) is 17.4.